The van der Waals surface area contributed by atoms with Gasteiger partial charge in [-0.15, -0.1) is 0 Å². The Balaban J connectivity index is 0.00000109. The molecule has 0 unspecified atom stereocenters. The van der Waals surface area contributed by atoms with Gasteiger partial charge in [0.2, 0.25) is 0 Å². The van der Waals surface area contributed by atoms with Gasteiger partial charge in [0.15, 0.2) is 0 Å². The number of hydrogen-bond donors (Lipinski definition) is 3. The molecule has 0 saturated carbocycles. The van der Waals surface area contributed by atoms with E-state index in [1.54, 1.807) is 12.1 Å². The van der Waals surface area contributed by atoms with Crippen LogP contribution in [0.1, 0.15) is 36.1 Å². The Kier molecular flexibility index (Phi) is 6.22. The minimum Gasteiger partial charge on any atom is -0.326 e. The van der Waals surface area contributed by atoms with Crippen LogP contribution in [-0.2, 0) is 22.7 Å². The van der Waals surface area contributed by atoms with E-state index in [-0.39, 0.29) is 13.1 Å². The normalized spacial score (nSPS) is 13.4. The van der Waals surface area contributed by atoms with Gasteiger partial charge in [-0.05, 0) is 22.3 Å². The van der Waals surface area contributed by atoms with Crippen molar-refractivity contribution in [2.24, 2.45) is 11.5 Å². The fourth-order valence-corrected chi connectivity index (χ4v) is 2.85. The molecule has 0 spiro atoms. The van der Waals surface area contributed by atoms with Gasteiger partial charge in [0.25, 0.3) is 11.8 Å². The van der Waals surface area contributed by atoms with E-state index in [1.807, 2.05) is 50.2 Å². The highest BCUT2D eigenvalue weighted by atomic mass is 16.2. The molecular formula is C20H23N3O2. The molecule has 2 amide bonds. The van der Waals surface area contributed by atoms with Crippen molar-refractivity contribution in [3.8, 4) is 0 Å². The van der Waals surface area contributed by atoms with E-state index < -0.39 is 11.8 Å². The number of benzene rings is 2. The van der Waals surface area contributed by atoms with E-state index in [0.29, 0.717) is 22.3 Å². The van der Waals surface area contributed by atoms with E-state index in [4.69, 9.17) is 11.5 Å². The zero-order chi connectivity index (χ0) is 18.4. The second kappa shape index (κ2) is 8.37. The average molecular weight is 337 g/mol. The van der Waals surface area contributed by atoms with Gasteiger partial charge in [-0.3, -0.25) is 14.9 Å². The molecule has 3 rings (SSSR count). The highest BCUT2D eigenvalue weighted by Gasteiger charge is 2.33. The van der Waals surface area contributed by atoms with Crippen LogP contribution in [0.15, 0.2) is 48.5 Å². The van der Waals surface area contributed by atoms with Crippen molar-refractivity contribution < 1.29 is 9.59 Å². The largest absolute Gasteiger partial charge is 0.326 e. The first-order valence-corrected chi connectivity index (χ1v) is 8.34. The van der Waals surface area contributed by atoms with Gasteiger partial charge < -0.3 is 11.5 Å². The summed E-state index contributed by atoms with van der Waals surface area (Å²) in [5, 5.41) is 2.38. The van der Waals surface area contributed by atoms with E-state index in [1.165, 1.54) is 0 Å². The standard InChI is InChI=1S/C18H17N3O2.C2H6/c19-9-11-5-1-3-7-13(11)15-16(18(23)21-17(15)22)14-8-4-2-6-12(14)10-20;1-2/h1-8H,9-10,19-20H2,(H,21,22,23);1-2H3. The maximum absolute atomic E-state index is 12.4. The molecule has 0 radical (unpaired) electrons. The maximum Gasteiger partial charge on any atom is 0.259 e. The summed E-state index contributed by atoms with van der Waals surface area (Å²) in [6.07, 6.45) is 0. The molecule has 130 valence electrons. The fourth-order valence-electron chi connectivity index (χ4n) is 2.85. The zero-order valence-electron chi connectivity index (χ0n) is 14.5. The third-order valence-electron chi connectivity index (χ3n) is 3.94. The minimum atomic E-state index is -0.405. The maximum atomic E-state index is 12.4. The summed E-state index contributed by atoms with van der Waals surface area (Å²) in [6.45, 7) is 4.57. The van der Waals surface area contributed by atoms with Crippen LogP contribution in [0.25, 0.3) is 11.1 Å². The lowest BCUT2D eigenvalue weighted by atomic mass is 9.91. The van der Waals surface area contributed by atoms with Gasteiger partial charge in [0, 0.05) is 13.1 Å². The molecule has 0 aromatic heterocycles. The zero-order valence-corrected chi connectivity index (χ0v) is 14.5. The van der Waals surface area contributed by atoms with Crippen LogP contribution in [0.5, 0.6) is 0 Å². The number of nitrogens with one attached hydrogen (secondary N) is 1. The molecule has 1 aliphatic heterocycles. The molecule has 5 N–H and O–H groups in total. The van der Waals surface area contributed by atoms with Gasteiger partial charge in [0.05, 0.1) is 11.1 Å². The van der Waals surface area contributed by atoms with Gasteiger partial charge in [0.1, 0.15) is 0 Å². The highest BCUT2D eigenvalue weighted by molar-refractivity contribution is 6.49. The van der Waals surface area contributed by atoms with Crippen LogP contribution < -0.4 is 16.8 Å². The molecule has 2 aromatic carbocycles. The highest BCUT2D eigenvalue weighted by Crippen LogP contribution is 2.34. The Hall–Kier alpha value is -2.76. The number of hydrogen-bond acceptors (Lipinski definition) is 4. The first kappa shape index (κ1) is 18.6. The Labute approximate surface area is 147 Å². The number of imide groups is 1. The van der Waals surface area contributed by atoms with E-state index in [9.17, 15) is 9.59 Å². The van der Waals surface area contributed by atoms with Crippen molar-refractivity contribution in [3.63, 3.8) is 0 Å². The number of rotatable bonds is 4. The predicted molar refractivity (Wildman–Crippen MR) is 100.0 cm³/mol. The fraction of sp³-hybridized carbons (Fsp3) is 0.200. The molecule has 0 fully saturated rings. The van der Waals surface area contributed by atoms with Crippen LogP contribution in [0.2, 0.25) is 0 Å². The van der Waals surface area contributed by atoms with Crippen molar-refractivity contribution in [1.29, 1.82) is 0 Å². The summed E-state index contributed by atoms with van der Waals surface area (Å²) >= 11 is 0. The molecule has 0 aliphatic carbocycles. The van der Waals surface area contributed by atoms with E-state index in [2.05, 4.69) is 5.32 Å². The van der Waals surface area contributed by atoms with Crippen LogP contribution in [0.3, 0.4) is 0 Å². The first-order chi connectivity index (χ1) is 12.2. The summed E-state index contributed by atoms with van der Waals surface area (Å²) in [7, 11) is 0. The van der Waals surface area contributed by atoms with Gasteiger partial charge >= 0.3 is 0 Å². The van der Waals surface area contributed by atoms with Crippen molar-refractivity contribution in [1.82, 2.24) is 5.32 Å². The molecule has 0 bridgehead atoms. The van der Waals surface area contributed by atoms with Crippen LogP contribution in [-0.4, -0.2) is 11.8 Å². The lowest BCUT2D eigenvalue weighted by molar-refractivity contribution is -0.122. The lowest BCUT2D eigenvalue weighted by Crippen LogP contribution is -2.23. The van der Waals surface area contributed by atoms with Crippen LogP contribution in [0.4, 0.5) is 0 Å². The second-order valence-corrected chi connectivity index (χ2v) is 5.26. The monoisotopic (exact) mass is 337 g/mol. The molecular weight excluding hydrogens is 314 g/mol. The van der Waals surface area contributed by atoms with Gasteiger partial charge in [-0.25, -0.2) is 0 Å². The molecule has 5 heteroatoms. The molecule has 2 aromatic rings. The van der Waals surface area contributed by atoms with Gasteiger partial charge in [-0.1, -0.05) is 62.4 Å². The summed E-state index contributed by atoms with van der Waals surface area (Å²) in [4.78, 5) is 24.7. The Morgan fingerprint density at radius 1 is 0.720 bits per heavy atom. The van der Waals surface area contributed by atoms with E-state index in [0.717, 1.165) is 11.1 Å². The third-order valence-corrected chi connectivity index (χ3v) is 3.94. The average Bonchev–Trinajstić information content (AvgIpc) is 2.96. The van der Waals surface area contributed by atoms with Crippen LogP contribution >= 0.6 is 0 Å². The number of carbonyl (C=O) groups is 2. The Morgan fingerprint density at radius 2 is 1.08 bits per heavy atom. The second-order valence-electron chi connectivity index (χ2n) is 5.26. The Bertz CT molecular complexity index is 758. The lowest BCUT2D eigenvalue weighted by Gasteiger charge is -2.11. The van der Waals surface area contributed by atoms with Gasteiger partial charge in [-0.2, -0.15) is 0 Å². The number of amides is 2. The summed E-state index contributed by atoms with van der Waals surface area (Å²) in [6, 6.07) is 14.7. The predicted octanol–water partition coefficient (Wildman–Crippen LogP) is 2.20. The summed E-state index contributed by atoms with van der Waals surface area (Å²) in [5.74, 6) is -0.810. The van der Waals surface area contributed by atoms with Crippen molar-refractivity contribution in [3.05, 3.63) is 70.8 Å². The van der Waals surface area contributed by atoms with Crippen molar-refractivity contribution in [2.75, 3.05) is 0 Å². The first-order valence-electron chi connectivity index (χ1n) is 8.34. The number of carbonyl (C=O) groups excluding carboxylic acids is 2. The van der Waals surface area contributed by atoms with Crippen molar-refractivity contribution >= 4 is 23.0 Å². The molecule has 25 heavy (non-hydrogen) atoms. The minimum absolute atomic E-state index is 0.285. The summed E-state index contributed by atoms with van der Waals surface area (Å²) in [5.41, 5.74) is 15.3. The topological polar surface area (TPSA) is 98.2 Å². The van der Waals surface area contributed by atoms with E-state index >= 15 is 0 Å². The molecule has 5 nitrogen and oxygen atoms in total. The molecule has 0 saturated heterocycles. The number of nitrogens with two attached hydrogens (primary N) is 2. The molecule has 1 heterocycles. The molecule has 0 atom stereocenters. The SMILES string of the molecule is CC.NCc1ccccc1C1=C(c2ccccc2CN)C(=O)NC1=O. The quantitative estimate of drug-likeness (QED) is 0.745. The smallest absolute Gasteiger partial charge is 0.259 e. The Morgan fingerprint density at radius 3 is 1.44 bits per heavy atom. The third kappa shape index (κ3) is 3.52. The molecule has 1 aliphatic rings. The van der Waals surface area contributed by atoms with Crippen LogP contribution in [0, 0.1) is 0 Å². The summed E-state index contributed by atoms with van der Waals surface area (Å²) < 4.78 is 0. The van der Waals surface area contributed by atoms with Crippen molar-refractivity contribution in [2.45, 2.75) is 26.9 Å².